The number of hydrogen-bond acceptors (Lipinski definition) is 4. The molecule has 0 N–H and O–H groups in total. The fraction of sp³-hybridized carbons (Fsp3) is 0.951. The van der Waals surface area contributed by atoms with Crippen LogP contribution in [0.5, 0.6) is 0 Å². The van der Waals surface area contributed by atoms with Crippen molar-refractivity contribution in [2.45, 2.75) is 207 Å². The second kappa shape index (κ2) is 25.8. The topological polar surface area (TPSA) is 47.1 Å². The largest absolute Gasteiger partial charge is 0.329 e. The minimum Gasteiger partial charge on any atom is -0.297 e. The van der Waals surface area contributed by atoms with Crippen LogP contribution < -0.4 is 0 Å². The van der Waals surface area contributed by atoms with Crippen molar-refractivity contribution < 1.29 is 9.59 Å². The van der Waals surface area contributed by atoms with Gasteiger partial charge in [-0.2, -0.15) is 0 Å². The van der Waals surface area contributed by atoms with E-state index in [2.05, 4.69) is 44.4 Å². The normalized spacial score (nSPS) is 18.5. The van der Waals surface area contributed by atoms with Gasteiger partial charge in [0.2, 0.25) is 0 Å². The van der Waals surface area contributed by atoms with Gasteiger partial charge in [0.1, 0.15) is 5.54 Å². The first kappa shape index (κ1) is 42.0. The van der Waals surface area contributed by atoms with E-state index >= 15 is 0 Å². The van der Waals surface area contributed by atoms with Crippen LogP contribution in [0.15, 0.2) is 0 Å². The fourth-order valence-electron chi connectivity index (χ4n) is 7.56. The average molecular weight is 661 g/mol. The third kappa shape index (κ3) is 16.0. The Balaban J connectivity index is 2.09. The lowest BCUT2D eigenvalue weighted by Crippen LogP contribution is -2.53. The maximum atomic E-state index is 14.3. The van der Waals surface area contributed by atoms with Crippen molar-refractivity contribution in [2.75, 3.05) is 39.5 Å². The SMILES string of the molecule is CCCCCCCCN(CCCCCCCC)CN1C(=O)N(CN(CCCCCCCC)CCCCCCCC)C(C)(C2CC2)C1=O. The molecule has 1 atom stereocenters. The second-order valence-electron chi connectivity index (χ2n) is 15.5. The molecule has 1 heterocycles. The van der Waals surface area contributed by atoms with Crippen molar-refractivity contribution in [3.63, 3.8) is 0 Å². The number of amides is 3. The van der Waals surface area contributed by atoms with E-state index < -0.39 is 5.54 Å². The first-order valence-corrected chi connectivity index (χ1v) is 21.0. The molecule has 2 rings (SSSR count). The van der Waals surface area contributed by atoms with Crippen molar-refractivity contribution in [3.05, 3.63) is 0 Å². The number of urea groups is 1. The molecule has 0 aromatic heterocycles. The molecule has 2 fully saturated rings. The van der Waals surface area contributed by atoms with Crippen molar-refractivity contribution in [3.8, 4) is 0 Å². The summed E-state index contributed by atoms with van der Waals surface area (Å²) in [7, 11) is 0. The molecule has 1 aliphatic carbocycles. The zero-order chi connectivity index (χ0) is 34.2. The van der Waals surface area contributed by atoms with Gasteiger partial charge in [-0.1, -0.05) is 156 Å². The van der Waals surface area contributed by atoms with Crippen LogP contribution >= 0.6 is 0 Å². The monoisotopic (exact) mass is 661 g/mol. The van der Waals surface area contributed by atoms with Crippen LogP contribution in [-0.4, -0.2) is 76.6 Å². The maximum Gasteiger partial charge on any atom is 0.329 e. The highest BCUT2D eigenvalue weighted by molar-refractivity contribution is 6.07. The van der Waals surface area contributed by atoms with Crippen molar-refractivity contribution in [2.24, 2.45) is 5.92 Å². The Morgan fingerprint density at radius 3 is 1.17 bits per heavy atom. The molecule has 0 spiro atoms. The van der Waals surface area contributed by atoms with Gasteiger partial charge >= 0.3 is 6.03 Å². The van der Waals surface area contributed by atoms with Crippen LogP contribution in [0.25, 0.3) is 0 Å². The van der Waals surface area contributed by atoms with Crippen molar-refractivity contribution in [1.29, 1.82) is 0 Å². The number of rotatable bonds is 33. The van der Waals surface area contributed by atoms with Gasteiger partial charge in [0.15, 0.2) is 0 Å². The zero-order valence-electron chi connectivity index (χ0n) is 32.3. The number of nitrogens with zero attached hydrogens (tertiary/aromatic N) is 4. The third-order valence-electron chi connectivity index (χ3n) is 11.1. The highest BCUT2D eigenvalue weighted by atomic mass is 16.2. The molecule has 0 aromatic carbocycles. The summed E-state index contributed by atoms with van der Waals surface area (Å²) in [4.78, 5) is 37.2. The molecule has 6 heteroatoms. The molecule has 276 valence electrons. The quantitative estimate of drug-likeness (QED) is 0.0519. The minimum absolute atomic E-state index is 0.0313. The van der Waals surface area contributed by atoms with Gasteiger partial charge in [0.05, 0.1) is 13.3 Å². The molecule has 1 saturated heterocycles. The summed E-state index contributed by atoms with van der Waals surface area (Å²) in [5.74, 6) is 0.374. The molecule has 6 nitrogen and oxygen atoms in total. The molecule has 3 amide bonds. The summed E-state index contributed by atoms with van der Waals surface area (Å²) >= 11 is 0. The van der Waals surface area contributed by atoms with Crippen molar-refractivity contribution >= 4 is 11.9 Å². The lowest BCUT2D eigenvalue weighted by molar-refractivity contribution is -0.135. The summed E-state index contributed by atoms with van der Waals surface area (Å²) in [6, 6.07) is -0.0313. The van der Waals surface area contributed by atoms with Crippen LogP contribution in [0, 0.1) is 5.92 Å². The summed E-state index contributed by atoms with van der Waals surface area (Å²) in [5, 5.41) is 0. The summed E-state index contributed by atoms with van der Waals surface area (Å²) in [5.41, 5.74) is -0.691. The minimum atomic E-state index is -0.691. The van der Waals surface area contributed by atoms with Gasteiger partial charge < -0.3 is 0 Å². The summed E-state index contributed by atoms with van der Waals surface area (Å²) in [6.45, 7) is 16.3. The van der Waals surface area contributed by atoms with Gasteiger partial charge in [-0.3, -0.25) is 19.5 Å². The summed E-state index contributed by atoms with van der Waals surface area (Å²) in [6.07, 6.45) is 32.7. The number of imide groups is 1. The second-order valence-corrected chi connectivity index (χ2v) is 15.5. The Kier molecular flexibility index (Phi) is 23.1. The Labute approximate surface area is 293 Å². The molecule has 47 heavy (non-hydrogen) atoms. The van der Waals surface area contributed by atoms with E-state index in [0.717, 1.165) is 51.9 Å². The first-order valence-electron chi connectivity index (χ1n) is 21.0. The standard InChI is InChI=1S/C41H80N4O2/c1-6-10-14-18-22-26-32-42(33-27-23-19-15-11-7-2)36-44-39(46)41(5,38-30-31-38)45(40(44)47)37-43(34-28-24-20-16-12-8-3)35-29-25-21-17-13-9-4/h38H,6-37H2,1-5H3. The summed E-state index contributed by atoms with van der Waals surface area (Å²) < 4.78 is 0. The van der Waals surface area contributed by atoms with Gasteiger partial charge in [0, 0.05) is 0 Å². The Morgan fingerprint density at radius 1 is 0.511 bits per heavy atom. The molecular formula is C41H80N4O2. The van der Waals surface area contributed by atoms with Crippen molar-refractivity contribution in [1.82, 2.24) is 19.6 Å². The van der Waals surface area contributed by atoms with E-state index in [9.17, 15) is 9.59 Å². The predicted molar refractivity (Wildman–Crippen MR) is 202 cm³/mol. The first-order chi connectivity index (χ1) is 22.9. The van der Waals surface area contributed by atoms with E-state index in [0.29, 0.717) is 19.3 Å². The van der Waals surface area contributed by atoms with E-state index in [1.54, 1.807) is 4.90 Å². The Morgan fingerprint density at radius 2 is 0.830 bits per heavy atom. The predicted octanol–water partition coefficient (Wildman–Crippen LogP) is 11.4. The molecule has 0 bridgehead atoms. The third-order valence-corrected chi connectivity index (χ3v) is 11.1. The zero-order valence-corrected chi connectivity index (χ0v) is 32.3. The van der Waals surface area contributed by atoms with E-state index in [4.69, 9.17) is 0 Å². The molecule has 2 aliphatic rings. The molecule has 1 saturated carbocycles. The highest BCUT2D eigenvalue weighted by Gasteiger charge is 2.61. The van der Waals surface area contributed by atoms with Gasteiger partial charge in [-0.25, -0.2) is 9.69 Å². The van der Waals surface area contributed by atoms with E-state index in [-0.39, 0.29) is 11.9 Å². The Bertz CT molecular complexity index is 770. The average Bonchev–Trinajstić information content (AvgIpc) is 3.91. The van der Waals surface area contributed by atoms with E-state index in [1.165, 1.54) is 141 Å². The van der Waals surface area contributed by atoms with Crippen LogP contribution in [0.4, 0.5) is 4.79 Å². The molecule has 0 radical (unpaired) electrons. The molecular weight excluding hydrogens is 580 g/mol. The fourth-order valence-corrected chi connectivity index (χ4v) is 7.56. The molecule has 0 aromatic rings. The van der Waals surface area contributed by atoms with Crippen LogP contribution in [0.1, 0.15) is 202 Å². The number of hydrogen-bond donors (Lipinski definition) is 0. The lowest BCUT2D eigenvalue weighted by atomic mass is 9.94. The number of carbonyl (C=O) groups excluding carboxylic acids is 2. The highest BCUT2D eigenvalue weighted by Crippen LogP contribution is 2.47. The van der Waals surface area contributed by atoms with Gasteiger partial charge in [0.25, 0.3) is 5.91 Å². The lowest BCUT2D eigenvalue weighted by Gasteiger charge is -2.36. The molecule has 1 aliphatic heterocycles. The van der Waals surface area contributed by atoms with Gasteiger partial charge in [-0.05, 0) is 77.5 Å². The van der Waals surface area contributed by atoms with Crippen LogP contribution in [0.2, 0.25) is 0 Å². The van der Waals surface area contributed by atoms with Gasteiger partial charge in [-0.15, -0.1) is 0 Å². The Hall–Kier alpha value is -1.14. The van der Waals surface area contributed by atoms with Crippen LogP contribution in [-0.2, 0) is 4.79 Å². The maximum absolute atomic E-state index is 14.3. The van der Waals surface area contributed by atoms with E-state index in [1.807, 2.05) is 4.90 Å². The number of unbranched alkanes of at least 4 members (excludes halogenated alkanes) is 20. The number of carbonyl (C=O) groups is 2. The smallest absolute Gasteiger partial charge is 0.297 e. The van der Waals surface area contributed by atoms with Crippen LogP contribution in [0.3, 0.4) is 0 Å². The molecule has 1 unspecified atom stereocenters.